The molecule has 0 bridgehead atoms. The Morgan fingerprint density at radius 1 is 1.52 bits per heavy atom. The first-order chi connectivity index (χ1) is 9.90. The number of carboxylic acid groups (broad SMARTS) is 1. The van der Waals surface area contributed by atoms with Gasteiger partial charge in [-0.3, -0.25) is 19.3 Å². The molecule has 0 aliphatic carbocycles. The molecule has 114 valence electrons. The molecule has 0 saturated heterocycles. The van der Waals surface area contributed by atoms with Crippen molar-refractivity contribution in [2.75, 3.05) is 4.72 Å². The number of aliphatic carboxylic acids is 1. The van der Waals surface area contributed by atoms with Crippen molar-refractivity contribution in [1.29, 1.82) is 0 Å². The fourth-order valence-corrected chi connectivity index (χ4v) is 2.55. The van der Waals surface area contributed by atoms with Crippen molar-refractivity contribution in [1.82, 2.24) is 20.0 Å². The lowest BCUT2D eigenvalue weighted by Gasteiger charge is -2.01. The number of nitrogens with one attached hydrogen (secondary N) is 2. The fraction of sp³-hybridized carbons (Fsp3) is 0.364. The van der Waals surface area contributed by atoms with Crippen molar-refractivity contribution in [2.24, 2.45) is 0 Å². The highest BCUT2D eigenvalue weighted by molar-refractivity contribution is 7.92. The zero-order chi connectivity index (χ0) is 15.5. The molecule has 0 unspecified atom stereocenters. The highest BCUT2D eigenvalue weighted by Gasteiger charge is 2.18. The van der Waals surface area contributed by atoms with Crippen molar-refractivity contribution in [2.45, 2.75) is 31.2 Å². The van der Waals surface area contributed by atoms with E-state index in [1.54, 1.807) is 6.07 Å². The third kappa shape index (κ3) is 3.81. The summed E-state index contributed by atoms with van der Waals surface area (Å²) in [4.78, 5) is 10.4. The van der Waals surface area contributed by atoms with Gasteiger partial charge in [-0.15, -0.1) is 0 Å². The molecule has 0 atom stereocenters. The summed E-state index contributed by atoms with van der Waals surface area (Å²) in [7, 11) is -3.79. The third-order valence-corrected chi connectivity index (χ3v) is 4.03. The van der Waals surface area contributed by atoms with Crippen LogP contribution in [0.15, 0.2) is 23.4 Å². The highest BCUT2D eigenvalue weighted by Crippen LogP contribution is 2.14. The average molecular weight is 313 g/mol. The second-order valence-corrected chi connectivity index (χ2v) is 6.00. The Morgan fingerprint density at radius 2 is 2.29 bits per heavy atom. The number of anilines is 1. The van der Waals surface area contributed by atoms with Crippen molar-refractivity contribution in [3.05, 3.63) is 24.2 Å². The number of H-pyrrole nitrogens is 1. The standard InChI is InChI=1S/C11H15N5O4S/c1-2-8-5-10(14-13-8)15-21(19,20)9-6-12-16(7-9)4-3-11(17)18/h5-7H,2-4H2,1H3,(H,17,18)(H2,13,14,15). The van der Waals surface area contributed by atoms with Gasteiger partial charge in [0.1, 0.15) is 4.90 Å². The van der Waals surface area contributed by atoms with E-state index in [9.17, 15) is 13.2 Å². The molecule has 9 nitrogen and oxygen atoms in total. The number of sulfonamides is 1. The zero-order valence-electron chi connectivity index (χ0n) is 11.3. The van der Waals surface area contributed by atoms with Gasteiger partial charge < -0.3 is 5.11 Å². The van der Waals surface area contributed by atoms with Gasteiger partial charge >= 0.3 is 5.97 Å². The van der Waals surface area contributed by atoms with Crippen molar-refractivity contribution < 1.29 is 18.3 Å². The molecule has 0 aliphatic heterocycles. The molecule has 0 spiro atoms. The van der Waals surface area contributed by atoms with E-state index in [1.807, 2.05) is 6.92 Å². The molecular formula is C11H15N5O4S. The van der Waals surface area contributed by atoms with E-state index in [2.05, 4.69) is 20.0 Å². The predicted octanol–water partition coefficient (Wildman–Crippen LogP) is 0.444. The van der Waals surface area contributed by atoms with Crippen LogP contribution in [0.3, 0.4) is 0 Å². The van der Waals surface area contributed by atoms with E-state index in [1.165, 1.54) is 10.9 Å². The average Bonchev–Trinajstić information content (AvgIpc) is 3.04. The fourth-order valence-electron chi connectivity index (χ4n) is 1.61. The summed E-state index contributed by atoms with van der Waals surface area (Å²) in [5.74, 6) is -0.776. The largest absolute Gasteiger partial charge is 0.481 e. The van der Waals surface area contributed by atoms with Gasteiger partial charge in [-0.05, 0) is 6.42 Å². The van der Waals surface area contributed by atoms with Gasteiger partial charge in [0.15, 0.2) is 5.82 Å². The number of rotatable bonds is 7. The number of carbonyl (C=O) groups is 1. The minimum atomic E-state index is -3.79. The van der Waals surface area contributed by atoms with Crippen LogP contribution >= 0.6 is 0 Å². The van der Waals surface area contributed by atoms with Crippen LogP contribution in [0.5, 0.6) is 0 Å². The topological polar surface area (TPSA) is 130 Å². The molecule has 21 heavy (non-hydrogen) atoms. The Balaban J connectivity index is 2.10. The van der Waals surface area contributed by atoms with Gasteiger partial charge in [-0.2, -0.15) is 10.2 Å². The molecule has 0 radical (unpaired) electrons. The van der Waals surface area contributed by atoms with E-state index in [0.29, 0.717) is 6.42 Å². The van der Waals surface area contributed by atoms with Gasteiger partial charge in [0, 0.05) is 18.0 Å². The van der Waals surface area contributed by atoms with Crippen LogP contribution in [-0.2, 0) is 27.8 Å². The number of hydrogen-bond acceptors (Lipinski definition) is 5. The van der Waals surface area contributed by atoms with Crippen LogP contribution in [0, 0.1) is 0 Å². The summed E-state index contributed by atoms with van der Waals surface area (Å²) in [6.45, 7) is 2.02. The first-order valence-corrected chi connectivity index (χ1v) is 7.70. The van der Waals surface area contributed by atoms with Gasteiger partial charge in [-0.1, -0.05) is 6.92 Å². The van der Waals surface area contributed by atoms with Gasteiger partial charge in [0.05, 0.1) is 19.2 Å². The van der Waals surface area contributed by atoms with Crippen LogP contribution in [0.4, 0.5) is 5.82 Å². The Kier molecular flexibility index (Phi) is 4.26. The Labute approximate surface area is 121 Å². The smallest absolute Gasteiger partial charge is 0.305 e. The van der Waals surface area contributed by atoms with Crippen LogP contribution in [0.1, 0.15) is 19.0 Å². The molecule has 10 heteroatoms. The zero-order valence-corrected chi connectivity index (χ0v) is 12.1. The molecule has 0 saturated carbocycles. The molecule has 0 fully saturated rings. The third-order valence-electron chi connectivity index (χ3n) is 2.73. The number of aromatic nitrogens is 4. The lowest BCUT2D eigenvalue weighted by Crippen LogP contribution is -2.12. The second-order valence-electron chi connectivity index (χ2n) is 4.32. The molecule has 0 aliphatic rings. The molecule has 0 amide bonds. The quantitative estimate of drug-likeness (QED) is 0.680. The number of hydrogen-bond donors (Lipinski definition) is 3. The van der Waals surface area contributed by atoms with Crippen molar-refractivity contribution in [3.63, 3.8) is 0 Å². The molecule has 3 N–H and O–H groups in total. The summed E-state index contributed by atoms with van der Waals surface area (Å²) in [6.07, 6.45) is 3.02. The van der Waals surface area contributed by atoms with Crippen LogP contribution in [0.2, 0.25) is 0 Å². The van der Waals surface area contributed by atoms with Crippen molar-refractivity contribution in [3.8, 4) is 0 Å². The van der Waals surface area contributed by atoms with E-state index in [4.69, 9.17) is 5.11 Å². The summed E-state index contributed by atoms with van der Waals surface area (Å²) in [5, 5.41) is 19.0. The Hall–Kier alpha value is -2.36. The number of aryl methyl sites for hydroxylation is 2. The molecular weight excluding hydrogens is 298 g/mol. The maximum Gasteiger partial charge on any atom is 0.305 e. The SMILES string of the molecule is CCc1cc(NS(=O)(=O)c2cnn(CCC(=O)O)c2)n[nH]1. The monoisotopic (exact) mass is 313 g/mol. The van der Waals surface area contributed by atoms with Crippen LogP contribution < -0.4 is 4.72 Å². The van der Waals surface area contributed by atoms with Crippen LogP contribution in [-0.4, -0.2) is 39.5 Å². The van der Waals surface area contributed by atoms with E-state index in [0.717, 1.165) is 11.9 Å². The minimum absolute atomic E-state index is 0.0473. The normalized spacial score (nSPS) is 11.5. The van der Waals surface area contributed by atoms with E-state index >= 15 is 0 Å². The number of nitrogens with zero attached hydrogens (tertiary/aromatic N) is 3. The van der Waals surface area contributed by atoms with Crippen LogP contribution in [0.25, 0.3) is 0 Å². The highest BCUT2D eigenvalue weighted by atomic mass is 32.2. The minimum Gasteiger partial charge on any atom is -0.481 e. The van der Waals surface area contributed by atoms with Crippen molar-refractivity contribution >= 4 is 21.8 Å². The number of carboxylic acids is 1. The molecule has 2 aromatic rings. The van der Waals surface area contributed by atoms with E-state index in [-0.39, 0.29) is 23.7 Å². The Bertz CT molecular complexity index is 733. The summed E-state index contributed by atoms with van der Waals surface area (Å²) < 4.78 is 27.8. The lowest BCUT2D eigenvalue weighted by molar-refractivity contribution is -0.137. The predicted molar refractivity (Wildman–Crippen MR) is 73.3 cm³/mol. The van der Waals surface area contributed by atoms with Gasteiger partial charge in [0.2, 0.25) is 0 Å². The number of aromatic amines is 1. The second kappa shape index (κ2) is 5.95. The summed E-state index contributed by atoms with van der Waals surface area (Å²) in [5.41, 5.74) is 0.810. The molecule has 0 aromatic carbocycles. The van der Waals surface area contributed by atoms with E-state index < -0.39 is 16.0 Å². The molecule has 2 aromatic heterocycles. The molecule has 2 heterocycles. The summed E-state index contributed by atoms with van der Waals surface area (Å²) in [6, 6.07) is 1.60. The van der Waals surface area contributed by atoms with Gasteiger partial charge in [-0.25, -0.2) is 8.42 Å². The first-order valence-electron chi connectivity index (χ1n) is 6.22. The maximum absolute atomic E-state index is 12.1. The first kappa shape index (κ1) is 15.0. The lowest BCUT2D eigenvalue weighted by atomic mass is 10.3. The summed E-state index contributed by atoms with van der Waals surface area (Å²) >= 11 is 0. The Morgan fingerprint density at radius 3 is 2.90 bits per heavy atom. The molecule has 2 rings (SSSR count). The maximum atomic E-state index is 12.1. The van der Waals surface area contributed by atoms with Gasteiger partial charge in [0.25, 0.3) is 10.0 Å².